The van der Waals surface area contributed by atoms with E-state index in [4.69, 9.17) is 0 Å². The van der Waals surface area contributed by atoms with Gasteiger partial charge in [-0.05, 0) is 83.2 Å². The van der Waals surface area contributed by atoms with Crippen LogP contribution in [0.1, 0.15) is 5.56 Å². The van der Waals surface area contributed by atoms with E-state index in [0.717, 1.165) is 4.47 Å². The number of rotatable bonds is 4. The zero-order chi connectivity index (χ0) is 21.0. The molecule has 1 aromatic carbocycles. The van der Waals surface area contributed by atoms with Crippen LogP contribution in [0, 0.1) is 6.92 Å². The molecule has 150 valence electrons. The van der Waals surface area contributed by atoms with Crippen molar-refractivity contribution in [2.24, 2.45) is 0 Å². The third-order valence-electron chi connectivity index (χ3n) is 4.66. The molecule has 0 nitrogen and oxygen atoms in total. The normalized spacial score (nSPS) is 12.6. The van der Waals surface area contributed by atoms with Crippen LogP contribution in [0.3, 0.4) is 0 Å². The molecule has 0 amide bonds. The van der Waals surface area contributed by atoms with Crippen molar-refractivity contribution in [3.8, 4) is 20.9 Å². The number of hydrogen-bond donors (Lipinski definition) is 0. The molecule has 0 unspecified atom stereocenters. The fraction of sp³-hybridized carbons (Fsp3) is 0.333. The van der Waals surface area contributed by atoms with Crippen LogP contribution in [0.15, 0.2) is 37.7 Å². The fourth-order valence-corrected chi connectivity index (χ4v) is 11.6. The van der Waals surface area contributed by atoms with Gasteiger partial charge in [0.1, 0.15) is 0 Å². The van der Waals surface area contributed by atoms with E-state index in [1.807, 2.05) is 22.7 Å². The Bertz CT molecular complexity index is 953. The van der Waals surface area contributed by atoms with Crippen LogP contribution in [0.2, 0.25) is 39.3 Å². The smallest absolute Gasteiger partial charge is 0.0904 e. The summed E-state index contributed by atoms with van der Waals surface area (Å²) in [5.41, 5.74) is 3.91. The first-order valence-corrected chi connectivity index (χ1v) is 20.2. The SMILES string of the molecule is Cc1cc(-c2sc([Si](C)(C)C)cc2Br)c(Br)cc1-c1sc([Si](C)(C)C)cc1Br. The molecule has 2 aromatic heterocycles. The van der Waals surface area contributed by atoms with Crippen molar-refractivity contribution in [1.82, 2.24) is 0 Å². The van der Waals surface area contributed by atoms with Gasteiger partial charge in [0.2, 0.25) is 0 Å². The van der Waals surface area contributed by atoms with Gasteiger partial charge in [-0.3, -0.25) is 0 Å². The maximum Gasteiger partial charge on any atom is 0.0904 e. The van der Waals surface area contributed by atoms with Crippen molar-refractivity contribution in [3.05, 3.63) is 43.2 Å². The molecule has 0 radical (unpaired) electrons. The maximum atomic E-state index is 3.88. The van der Waals surface area contributed by atoms with Gasteiger partial charge in [-0.25, -0.2) is 0 Å². The molecule has 3 aromatic rings. The summed E-state index contributed by atoms with van der Waals surface area (Å²) in [5, 5.41) is 0. The van der Waals surface area contributed by atoms with Gasteiger partial charge in [0.25, 0.3) is 0 Å². The van der Waals surface area contributed by atoms with Gasteiger partial charge in [0.05, 0.1) is 16.1 Å². The van der Waals surface area contributed by atoms with E-state index in [1.165, 1.54) is 44.4 Å². The minimum atomic E-state index is -1.32. The summed E-state index contributed by atoms with van der Waals surface area (Å²) in [4.78, 5) is 2.67. The van der Waals surface area contributed by atoms with Crippen molar-refractivity contribution in [2.45, 2.75) is 46.2 Å². The van der Waals surface area contributed by atoms with Crippen LogP contribution in [0.25, 0.3) is 20.9 Å². The maximum absolute atomic E-state index is 3.88. The molecule has 0 atom stereocenters. The Kier molecular flexibility index (Phi) is 6.79. The number of thiophene rings is 2. The predicted octanol–water partition coefficient (Wildman–Crippen LogP) is 8.83. The molecule has 3 rings (SSSR count). The molecule has 7 heteroatoms. The third-order valence-corrected chi connectivity index (χ3v) is 16.6. The second kappa shape index (κ2) is 8.21. The van der Waals surface area contributed by atoms with Crippen LogP contribution in [-0.2, 0) is 0 Å². The summed E-state index contributed by atoms with van der Waals surface area (Å²) in [6, 6.07) is 9.31. The lowest BCUT2D eigenvalue weighted by molar-refractivity contribution is 1.46. The van der Waals surface area contributed by atoms with E-state index < -0.39 is 16.1 Å². The second-order valence-corrected chi connectivity index (χ2v) is 24.7. The summed E-state index contributed by atoms with van der Waals surface area (Å²) in [6.07, 6.45) is 0. The van der Waals surface area contributed by atoms with Crippen molar-refractivity contribution in [2.75, 3.05) is 0 Å². The molecule has 0 saturated carbocycles. The van der Waals surface area contributed by atoms with E-state index in [2.05, 4.69) is 118 Å². The Hall–Kier alpha value is 0.494. The van der Waals surface area contributed by atoms with Gasteiger partial charge in [0, 0.05) is 28.7 Å². The molecule has 0 fully saturated rings. The zero-order valence-corrected chi connectivity index (χ0v) is 25.7. The molecule has 2 heterocycles. The minimum absolute atomic E-state index is 1.16. The quantitative estimate of drug-likeness (QED) is 0.251. The Morgan fingerprint density at radius 3 is 1.43 bits per heavy atom. The van der Waals surface area contributed by atoms with Crippen LogP contribution in [-0.4, -0.2) is 16.1 Å². The summed E-state index contributed by atoms with van der Waals surface area (Å²) >= 11 is 15.4. The van der Waals surface area contributed by atoms with E-state index in [9.17, 15) is 0 Å². The van der Waals surface area contributed by atoms with E-state index in [0.29, 0.717) is 0 Å². The monoisotopic (exact) mass is 634 g/mol. The molecule has 0 spiro atoms. The van der Waals surface area contributed by atoms with Crippen molar-refractivity contribution < 1.29 is 0 Å². The Labute approximate surface area is 204 Å². The van der Waals surface area contributed by atoms with E-state index >= 15 is 0 Å². The highest BCUT2D eigenvalue weighted by molar-refractivity contribution is 9.11. The number of benzene rings is 1. The van der Waals surface area contributed by atoms with Gasteiger partial charge < -0.3 is 0 Å². The van der Waals surface area contributed by atoms with Gasteiger partial charge in [-0.2, -0.15) is 0 Å². The number of hydrogen-bond acceptors (Lipinski definition) is 2. The van der Waals surface area contributed by atoms with Crippen LogP contribution in [0.4, 0.5) is 0 Å². The lowest BCUT2D eigenvalue weighted by Gasteiger charge is -2.13. The minimum Gasteiger partial charge on any atom is -0.144 e. The molecule has 0 aliphatic heterocycles. The Balaban J connectivity index is 2.11. The highest BCUT2D eigenvalue weighted by atomic mass is 79.9. The first-order valence-electron chi connectivity index (χ1n) is 9.19. The van der Waals surface area contributed by atoms with Crippen LogP contribution < -0.4 is 9.00 Å². The molecule has 0 saturated heterocycles. The highest BCUT2D eigenvalue weighted by Gasteiger charge is 2.24. The topological polar surface area (TPSA) is 0 Å². The molecular weight excluding hydrogens is 612 g/mol. The highest BCUT2D eigenvalue weighted by Crippen LogP contribution is 2.43. The second-order valence-electron chi connectivity index (χ2n) is 9.22. The van der Waals surface area contributed by atoms with E-state index in [-0.39, 0.29) is 0 Å². The molecule has 0 aliphatic carbocycles. The van der Waals surface area contributed by atoms with Gasteiger partial charge in [0.15, 0.2) is 0 Å². The van der Waals surface area contributed by atoms with Crippen molar-refractivity contribution >= 4 is 95.6 Å². The van der Waals surface area contributed by atoms with Gasteiger partial charge >= 0.3 is 0 Å². The predicted molar refractivity (Wildman–Crippen MR) is 147 cm³/mol. The van der Waals surface area contributed by atoms with Crippen molar-refractivity contribution in [1.29, 1.82) is 0 Å². The summed E-state index contributed by atoms with van der Waals surface area (Å²) in [6.45, 7) is 16.7. The zero-order valence-electron chi connectivity index (χ0n) is 17.3. The average Bonchev–Trinajstić information content (AvgIpc) is 3.12. The Morgan fingerprint density at radius 1 is 0.607 bits per heavy atom. The van der Waals surface area contributed by atoms with Crippen LogP contribution >= 0.6 is 70.5 Å². The lowest BCUT2D eigenvalue weighted by atomic mass is 10.0. The fourth-order valence-electron chi connectivity index (χ4n) is 2.94. The van der Waals surface area contributed by atoms with Crippen LogP contribution in [0.5, 0.6) is 0 Å². The molecule has 0 aliphatic rings. The molecule has 0 N–H and O–H groups in total. The van der Waals surface area contributed by atoms with Gasteiger partial charge in [-0.1, -0.05) is 55.2 Å². The number of halogens is 3. The average molecular weight is 637 g/mol. The third kappa shape index (κ3) is 4.71. The standard InChI is InChI=1S/C21H25Br3S2Si2/c1-12-8-14(21-17(24)11-19(26-21)28(5,6)7)15(22)9-13(12)20-16(23)10-18(25-20)27(2,3)4/h8-11H,1-7H3. The molecule has 28 heavy (non-hydrogen) atoms. The summed E-state index contributed by atoms with van der Waals surface area (Å²) in [5.74, 6) is 0. The van der Waals surface area contributed by atoms with Crippen molar-refractivity contribution in [3.63, 3.8) is 0 Å². The molecule has 0 bridgehead atoms. The summed E-state index contributed by atoms with van der Waals surface area (Å²) in [7, 11) is -2.64. The largest absolute Gasteiger partial charge is 0.144 e. The van der Waals surface area contributed by atoms with Gasteiger partial charge in [-0.15, -0.1) is 22.7 Å². The first kappa shape index (κ1) is 23.2. The molecular formula is C21H25Br3S2Si2. The number of aryl methyl sites for hydroxylation is 1. The summed E-state index contributed by atoms with van der Waals surface area (Å²) < 4.78 is 6.66. The lowest BCUT2D eigenvalue weighted by Crippen LogP contribution is -2.34. The first-order chi connectivity index (χ1) is 12.8. The Morgan fingerprint density at radius 2 is 1.04 bits per heavy atom. The van der Waals surface area contributed by atoms with E-state index in [1.54, 1.807) is 0 Å².